The zero-order chi connectivity index (χ0) is 12.3. The smallest absolute Gasteiger partial charge is 0.129 e. The van der Waals surface area contributed by atoms with E-state index in [1.807, 2.05) is 31.2 Å². The van der Waals surface area contributed by atoms with Crippen molar-refractivity contribution in [2.75, 3.05) is 0 Å². The Morgan fingerprint density at radius 1 is 1.29 bits per heavy atom. The third-order valence-electron chi connectivity index (χ3n) is 2.81. The molecule has 1 N–H and O–H groups in total. The average Bonchev–Trinajstić information content (AvgIpc) is 2.32. The first-order valence-corrected chi connectivity index (χ1v) is 5.88. The van der Waals surface area contributed by atoms with Crippen molar-refractivity contribution in [3.8, 4) is 0 Å². The SMILES string of the molecule is Cc1ccccc1CC(O)c1ccnc(Cl)c1. The van der Waals surface area contributed by atoms with Crippen molar-refractivity contribution in [2.24, 2.45) is 0 Å². The van der Waals surface area contributed by atoms with Gasteiger partial charge in [-0.15, -0.1) is 0 Å². The van der Waals surface area contributed by atoms with Gasteiger partial charge in [-0.25, -0.2) is 4.98 Å². The van der Waals surface area contributed by atoms with Crippen LogP contribution in [-0.2, 0) is 6.42 Å². The number of aliphatic hydroxyl groups excluding tert-OH is 1. The van der Waals surface area contributed by atoms with Gasteiger partial charge in [-0.3, -0.25) is 0 Å². The summed E-state index contributed by atoms with van der Waals surface area (Å²) in [5, 5.41) is 10.5. The quantitative estimate of drug-likeness (QED) is 0.844. The Hall–Kier alpha value is -1.38. The molecule has 2 nitrogen and oxygen atoms in total. The first kappa shape index (κ1) is 12.1. The Labute approximate surface area is 106 Å². The highest BCUT2D eigenvalue weighted by Crippen LogP contribution is 2.21. The fourth-order valence-electron chi connectivity index (χ4n) is 1.79. The van der Waals surface area contributed by atoms with E-state index in [1.54, 1.807) is 18.3 Å². The van der Waals surface area contributed by atoms with Crippen molar-refractivity contribution in [1.29, 1.82) is 0 Å². The van der Waals surface area contributed by atoms with Crippen LogP contribution in [0.4, 0.5) is 0 Å². The fraction of sp³-hybridized carbons (Fsp3) is 0.214. The summed E-state index contributed by atoms with van der Waals surface area (Å²) in [6, 6.07) is 11.5. The van der Waals surface area contributed by atoms with Crippen LogP contribution >= 0.6 is 11.6 Å². The highest BCUT2D eigenvalue weighted by Gasteiger charge is 2.10. The Kier molecular flexibility index (Phi) is 3.77. The van der Waals surface area contributed by atoms with Gasteiger partial charge in [-0.05, 0) is 35.7 Å². The third kappa shape index (κ3) is 3.05. The van der Waals surface area contributed by atoms with Gasteiger partial charge in [-0.1, -0.05) is 35.9 Å². The first-order valence-electron chi connectivity index (χ1n) is 5.51. The maximum Gasteiger partial charge on any atom is 0.129 e. The lowest BCUT2D eigenvalue weighted by Gasteiger charge is -2.12. The van der Waals surface area contributed by atoms with E-state index in [0.29, 0.717) is 11.6 Å². The molecule has 0 aliphatic heterocycles. The molecule has 3 heteroatoms. The van der Waals surface area contributed by atoms with Crippen LogP contribution in [0.2, 0.25) is 5.15 Å². The molecule has 0 amide bonds. The maximum atomic E-state index is 10.1. The molecule has 0 fully saturated rings. The number of pyridine rings is 1. The van der Waals surface area contributed by atoms with Gasteiger partial charge >= 0.3 is 0 Å². The van der Waals surface area contributed by atoms with Crippen LogP contribution in [0, 0.1) is 6.92 Å². The molecular formula is C14H14ClNO. The van der Waals surface area contributed by atoms with E-state index in [0.717, 1.165) is 11.1 Å². The van der Waals surface area contributed by atoms with Crippen molar-refractivity contribution < 1.29 is 5.11 Å². The van der Waals surface area contributed by atoms with Crippen molar-refractivity contribution >= 4 is 11.6 Å². The number of aliphatic hydroxyl groups is 1. The molecule has 0 saturated heterocycles. The van der Waals surface area contributed by atoms with Crippen LogP contribution in [0.5, 0.6) is 0 Å². The predicted octanol–water partition coefficient (Wildman–Crippen LogP) is 3.32. The van der Waals surface area contributed by atoms with E-state index < -0.39 is 6.10 Å². The van der Waals surface area contributed by atoms with E-state index in [9.17, 15) is 5.11 Å². The molecule has 0 spiro atoms. The van der Waals surface area contributed by atoms with Crippen molar-refractivity contribution in [1.82, 2.24) is 4.98 Å². The van der Waals surface area contributed by atoms with E-state index in [-0.39, 0.29) is 0 Å². The van der Waals surface area contributed by atoms with Crippen LogP contribution in [-0.4, -0.2) is 10.1 Å². The summed E-state index contributed by atoms with van der Waals surface area (Å²) in [4.78, 5) is 3.90. The molecule has 0 radical (unpaired) electrons. The molecule has 1 aromatic carbocycles. The molecular weight excluding hydrogens is 234 g/mol. The van der Waals surface area contributed by atoms with E-state index in [2.05, 4.69) is 4.98 Å². The standard InChI is InChI=1S/C14H14ClNO/c1-10-4-2-3-5-11(10)8-13(17)12-6-7-16-14(15)9-12/h2-7,9,13,17H,8H2,1H3. The predicted molar refractivity (Wildman–Crippen MR) is 69.1 cm³/mol. The van der Waals surface area contributed by atoms with Crippen molar-refractivity contribution in [2.45, 2.75) is 19.4 Å². The molecule has 1 aromatic heterocycles. The topological polar surface area (TPSA) is 33.1 Å². The average molecular weight is 248 g/mol. The molecule has 1 atom stereocenters. The molecule has 0 saturated carbocycles. The molecule has 0 aliphatic carbocycles. The number of rotatable bonds is 3. The van der Waals surface area contributed by atoms with Crippen LogP contribution in [0.15, 0.2) is 42.6 Å². The number of nitrogens with zero attached hydrogens (tertiary/aromatic N) is 1. The minimum atomic E-state index is -0.545. The van der Waals surface area contributed by atoms with E-state index >= 15 is 0 Å². The van der Waals surface area contributed by atoms with Gasteiger partial charge in [-0.2, -0.15) is 0 Å². The van der Waals surface area contributed by atoms with Crippen LogP contribution in [0.25, 0.3) is 0 Å². The number of halogens is 1. The van der Waals surface area contributed by atoms with Gasteiger partial charge in [0.05, 0.1) is 6.10 Å². The van der Waals surface area contributed by atoms with Gasteiger partial charge in [0.25, 0.3) is 0 Å². The van der Waals surface area contributed by atoms with Gasteiger partial charge in [0.2, 0.25) is 0 Å². The molecule has 17 heavy (non-hydrogen) atoms. The Balaban J connectivity index is 2.17. The molecule has 0 aliphatic rings. The van der Waals surface area contributed by atoms with Crippen molar-refractivity contribution in [3.05, 3.63) is 64.4 Å². The summed E-state index contributed by atoms with van der Waals surface area (Å²) in [5.41, 5.74) is 3.13. The lowest BCUT2D eigenvalue weighted by molar-refractivity contribution is 0.178. The Morgan fingerprint density at radius 2 is 2.06 bits per heavy atom. The molecule has 2 aromatic rings. The number of aryl methyl sites for hydroxylation is 1. The minimum Gasteiger partial charge on any atom is -0.388 e. The van der Waals surface area contributed by atoms with Gasteiger partial charge in [0.15, 0.2) is 0 Å². The van der Waals surface area contributed by atoms with E-state index in [1.165, 1.54) is 5.56 Å². The highest BCUT2D eigenvalue weighted by molar-refractivity contribution is 6.29. The summed E-state index contributed by atoms with van der Waals surface area (Å²) in [6.07, 6.45) is 1.66. The molecule has 1 unspecified atom stereocenters. The highest BCUT2D eigenvalue weighted by atomic mass is 35.5. The minimum absolute atomic E-state index is 0.409. The largest absolute Gasteiger partial charge is 0.388 e. The Morgan fingerprint density at radius 3 is 2.76 bits per heavy atom. The van der Waals surface area contributed by atoms with Crippen LogP contribution < -0.4 is 0 Å². The van der Waals surface area contributed by atoms with E-state index in [4.69, 9.17) is 11.6 Å². The molecule has 1 heterocycles. The van der Waals surface area contributed by atoms with Gasteiger partial charge in [0, 0.05) is 12.6 Å². The number of hydrogen-bond donors (Lipinski definition) is 1. The number of hydrogen-bond acceptors (Lipinski definition) is 2. The zero-order valence-corrected chi connectivity index (χ0v) is 10.4. The lowest BCUT2D eigenvalue weighted by Crippen LogP contribution is -2.03. The fourth-order valence-corrected chi connectivity index (χ4v) is 1.97. The van der Waals surface area contributed by atoms with Crippen LogP contribution in [0.1, 0.15) is 22.8 Å². The molecule has 0 bridgehead atoms. The van der Waals surface area contributed by atoms with Crippen LogP contribution in [0.3, 0.4) is 0 Å². The van der Waals surface area contributed by atoms with Crippen molar-refractivity contribution in [3.63, 3.8) is 0 Å². The summed E-state index contributed by atoms with van der Waals surface area (Å²) in [7, 11) is 0. The second-order valence-electron chi connectivity index (χ2n) is 4.06. The summed E-state index contributed by atoms with van der Waals surface area (Å²) < 4.78 is 0. The zero-order valence-electron chi connectivity index (χ0n) is 9.60. The summed E-state index contributed by atoms with van der Waals surface area (Å²) in [5.74, 6) is 0. The summed E-state index contributed by atoms with van der Waals surface area (Å²) >= 11 is 5.80. The monoisotopic (exact) mass is 247 g/mol. The summed E-state index contributed by atoms with van der Waals surface area (Å²) in [6.45, 7) is 2.04. The molecule has 88 valence electrons. The Bertz CT molecular complexity index is 513. The first-order chi connectivity index (χ1) is 8.16. The van der Waals surface area contributed by atoms with Gasteiger partial charge in [0.1, 0.15) is 5.15 Å². The number of aromatic nitrogens is 1. The van der Waals surface area contributed by atoms with Gasteiger partial charge < -0.3 is 5.11 Å². The second-order valence-corrected chi connectivity index (χ2v) is 4.45. The number of benzene rings is 1. The second kappa shape index (κ2) is 5.30. The third-order valence-corrected chi connectivity index (χ3v) is 3.02. The maximum absolute atomic E-state index is 10.1. The lowest BCUT2D eigenvalue weighted by atomic mass is 9.99. The normalized spacial score (nSPS) is 12.4. The molecule has 2 rings (SSSR count).